The summed E-state index contributed by atoms with van der Waals surface area (Å²) in [4.78, 5) is 0. The second-order valence-corrected chi connectivity index (χ2v) is 4.29. The number of fused-ring (bicyclic) bond motifs is 5. The molecule has 0 fully saturated rings. The van der Waals surface area contributed by atoms with Gasteiger partial charge in [-0.15, -0.1) is 12.4 Å². The van der Waals surface area contributed by atoms with Crippen molar-refractivity contribution >= 4 is 30.6 Å². The zero-order valence-corrected chi connectivity index (χ0v) is 10.00. The number of hydrogen-bond acceptors (Lipinski definition) is 0. The first kappa shape index (κ1) is 10.4. The Labute approximate surface area is 106 Å². The van der Waals surface area contributed by atoms with Gasteiger partial charge in [-0.25, -0.2) is 0 Å². The van der Waals surface area contributed by atoms with Crippen molar-refractivity contribution < 1.29 is 0 Å². The van der Waals surface area contributed by atoms with Crippen LogP contribution in [0.4, 0.5) is 0 Å². The number of halogens is 1. The molecule has 0 saturated heterocycles. The van der Waals surface area contributed by atoms with Gasteiger partial charge in [0.15, 0.2) is 0 Å². The third-order valence-corrected chi connectivity index (χ3v) is 3.39. The maximum atomic E-state index is 2.27. The zero-order valence-electron chi connectivity index (χ0n) is 9.18. The van der Waals surface area contributed by atoms with E-state index in [2.05, 4.69) is 60.7 Å². The smallest absolute Gasteiger partial charge is 0.00266 e. The van der Waals surface area contributed by atoms with E-state index in [0.717, 1.165) is 0 Å². The highest BCUT2D eigenvalue weighted by Crippen LogP contribution is 2.29. The molecule has 2 aliphatic rings. The average molecular weight is 239 g/mol. The van der Waals surface area contributed by atoms with E-state index < -0.39 is 0 Å². The molecule has 0 atom stereocenters. The molecule has 0 aromatic heterocycles. The third-order valence-electron chi connectivity index (χ3n) is 3.39. The summed E-state index contributed by atoms with van der Waals surface area (Å²) < 4.78 is 0. The molecule has 82 valence electrons. The highest BCUT2D eigenvalue weighted by atomic mass is 35.5. The molecule has 1 heteroatoms. The summed E-state index contributed by atoms with van der Waals surface area (Å²) in [7, 11) is 0. The summed E-state index contributed by atoms with van der Waals surface area (Å²) in [6, 6.07) is 13.0. The summed E-state index contributed by atoms with van der Waals surface area (Å²) in [6.45, 7) is 0. The van der Waals surface area contributed by atoms with Gasteiger partial charge < -0.3 is 0 Å². The monoisotopic (exact) mass is 238 g/mol. The lowest BCUT2D eigenvalue weighted by atomic mass is 9.99. The maximum Gasteiger partial charge on any atom is -0.00266 e. The van der Waals surface area contributed by atoms with Crippen LogP contribution in [0.15, 0.2) is 42.5 Å². The molecule has 2 aromatic carbocycles. The minimum absolute atomic E-state index is 0. The molecule has 0 unspecified atom stereocenters. The van der Waals surface area contributed by atoms with E-state index in [0.29, 0.717) is 0 Å². The Bertz CT molecular complexity index is 752. The summed E-state index contributed by atoms with van der Waals surface area (Å²) in [5.74, 6) is 0. The third kappa shape index (κ3) is 1.31. The second-order valence-electron chi connectivity index (χ2n) is 4.29. The molecule has 2 aromatic rings. The van der Waals surface area contributed by atoms with Crippen LogP contribution in [-0.4, -0.2) is 0 Å². The molecule has 0 spiro atoms. The van der Waals surface area contributed by atoms with Crippen LogP contribution in [0, 0.1) is 0 Å². The second kappa shape index (κ2) is 3.61. The van der Waals surface area contributed by atoms with Crippen molar-refractivity contribution in [1.29, 1.82) is 0 Å². The predicted octanol–water partition coefficient (Wildman–Crippen LogP) is 2.72. The summed E-state index contributed by atoms with van der Waals surface area (Å²) in [5.41, 5.74) is 5.48. The Morgan fingerprint density at radius 2 is 1.65 bits per heavy atom. The Kier molecular flexibility index (Phi) is 2.20. The van der Waals surface area contributed by atoms with E-state index in [-0.39, 0.29) is 12.4 Å². The highest BCUT2D eigenvalue weighted by molar-refractivity contribution is 5.90. The van der Waals surface area contributed by atoms with Gasteiger partial charge >= 0.3 is 0 Å². The van der Waals surface area contributed by atoms with E-state index in [4.69, 9.17) is 0 Å². The van der Waals surface area contributed by atoms with Crippen LogP contribution in [0.25, 0.3) is 29.4 Å². The van der Waals surface area contributed by atoms with Crippen molar-refractivity contribution in [2.75, 3.05) is 0 Å². The molecule has 17 heavy (non-hydrogen) atoms. The number of hydrogen-bond donors (Lipinski definition) is 0. The van der Waals surface area contributed by atoms with Crippen LogP contribution < -0.4 is 10.4 Å². The van der Waals surface area contributed by atoms with Crippen molar-refractivity contribution in [3.63, 3.8) is 0 Å². The Morgan fingerprint density at radius 3 is 2.59 bits per heavy atom. The van der Waals surface area contributed by atoms with Gasteiger partial charge in [0, 0.05) is 0 Å². The van der Waals surface area contributed by atoms with Crippen molar-refractivity contribution in [3.05, 3.63) is 64.0 Å². The molecule has 0 N–H and O–H groups in total. The number of benzene rings is 2. The first-order valence-electron chi connectivity index (χ1n) is 5.56. The molecular formula is C16H11Cl. The molecule has 2 aliphatic carbocycles. The minimum atomic E-state index is 0. The lowest BCUT2D eigenvalue weighted by molar-refractivity contribution is 1.53. The van der Waals surface area contributed by atoms with Gasteiger partial charge in [-0.1, -0.05) is 54.6 Å². The van der Waals surface area contributed by atoms with Gasteiger partial charge in [-0.3, -0.25) is 0 Å². The van der Waals surface area contributed by atoms with Crippen molar-refractivity contribution in [2.45, 2.75) is 0 Å². The quantitative estimate of drug-likeness (QED) is 0.565. The Balaban J connectivity index is 0.000000902. The van der Waals surface area contributed by atoms with Gasteiger partial charge in [-0.05, 0) is 38.8 Å². The van der Waals surface area contributed by atoms with Crippen molar-refractivity contribution in [1.82, 2.24) is 0 Å². The van der Waals surface area contributed by atoms with E-state index >= 15 is 0 Å². The number of allylic oxidation sites excluding steroid dienone is 1. The van der Waals surface area contributed by atoms with Gasteiger partial charge in [0.1, 0.15) is 0 Å². The van der Waals surface area contributed by atoms with Crippen LogP contribution >= 0.6 is 12.4 Å². The molecule has 4 rings (SSSR count). The van der Waals surface area contributed by atoms with Crippen molar-refractivity contribution in [2.24, 2.45) is 0 Å². The molecule has 0 aliphatic heterocycles. The molecule has 0 saturated carbocycles. The van der Waals surface area contributed by atoms with E-state index in [1.54, 1.807) is 0 Å². The van der Waals surface area contributed by atoms with E-state index in [1.807, 2.05) is 0 Å². The first-order chi connectivity index (χ1) is 7.93. The van der Waals surface area contributed by atoms with Gasteiger partial charge in [-0.2, -0.15) is 0 Å². The van der Waals surface area contributed by atoms with Crippen LogP contribution in [-0.2, 0) is 0 Å². The molecular weight excluding hydrogens is 228 g/mol. The van der Waals surface area contributed by atoms with Crippen LogP contribution in [0.3, 0.4) is 0 Å². The van der Waals surface area contributed by atoms with Crippen molar-refractivity contribution in [3.8, 4) is 11.1 Å². The fourth-order valence-electron chi connectivity index (χ4n) is 2.66. The van der Waals surface area contributed by atoms with Crippen LogP contribution in [0.2, 0.25) is 0 Å². The highest BCUT2D eigenvalue weighted by Gasteiger charge is 2.15. The van der Waals surface area contributed by atoms with Gasteiger partial charge in [0.05, 0.1) is 0 Å². The normalized spacial score (nSPS) is 12.9. The zero-order chi connectivity index (χ0) is 10.5. The Morgan fingerprint density at radius 1 is 0.824 bits per heavy atom. The largest absolute Gasteiger partial charge is 0.147 e. The number of rotatable bonds is 0. The fraction of sp³-hybridized carbons (Fsp3) is 0. The molecule has 0 amide bonds. The predicted molar refractivity (Wildman–Crippen MR) is 75.4 cm³/mol. The van der Waals surface area contributed by atoms with Crippen LogP contribution in [0.5, 0.6) is 0 Å². The molecule has 0 bridgehead atoms. The lowest BCUT2D eigenvalue weighted by Crippen LogP contribution is -2.12. The minimum Gasteiger partial charge on any atom is -0.147 e. The SMILES string of the molecule is C1=Cc2c3c(ccc2=C1)=Cc1ccccc1-3.Cl. The molecule has 0 heterocycles. The lowest BCUT2D eigenvalue weighted by Gasteiger charge is -2.04. The topological polar surface area (TPSA) is 0 Å². The first-order valence-corrected chi connectivity index (χ1v) is 5.56. The average Bonchev–Trinajstić information content (AvgIpc) is 2.91. The summed E-state index contributed by atoms with van der Waals surface area (Å²) in [6.07, 6.45) is 8.80. The summed E-state index contributed by atoms with van der Waals surface area (Å²) >= 11 is 0. The summed E-state index contributed by atoms with van der Waals surface area (Å²) in [5, 5.41) is 2.68. The maximum absolute atomic E-state index is 2.27. The van der Waals surface area contributed by atoms with Gasteiger partial charge in [0.25, 0.3) is 0 Å². The molecule has 0 radical (unpaired) electrons. The van der Waals surface area contributed by atoms with E-state index in [1.165, 1.54) is 32.7 Å². The van der Waals surface area contributed by atoms with Crippen LogP contribution in [0.1, 0.15) is 11.1 Å². The standard InChI is InChI=1S/C16H10.ClH/c1-2-6-15-12(4-1)10-13-9-8-11-5-3-7-14(11)16(13)15;/h1-10H;1H. The molecule has 0 nitrogen and oxygen atoms in total. The Hall–Kier alpha value is -1.79. The van der Waals surface area contributed by atoms with Gasteiger partial charge in [0.2, 0.25) is 0 Å². The fourth-order valence-corrected chi connectivity index (χ4v) is 2.66. The van der Waals surface area contributed by atoms with E-state index in [9.17, 15) is 0 Å².